The molecule has 90 valence electrons. The number of hydrazine groups is 1. The molecule has 0 saturated carbocycles. The van der Waals surface area contributed by atoms with E-state index in [-0.39, 0.29) is 6.04 Å². The second-order valence-electron chi connectivity index (χ2n) is 4.24. The summed E-state index contributed by atoms with van der Waals surface area (Å²) in [4.78, 5) is 4.19. The largest absolute Gasteiger partial charge is 0.275 e. The van der Waals surface area contributed by atoms with Gasteiger partial charge in [0.05, 0.1) is 11.7 Å². The van der Waals surface area contributed by atoms with Crippen molar-refractivity contribution >= 4 is 0 Å². The van der Waals surface area contributed by atoms with Crippen LogP contribution >= 0.6 is 0 Å². The quantitative estimate of drug-likeness (QED) is 0.610. The van der Waals surface area contributed by atoms with E-state index in [4.69, 9.17) is 5.84 Å². The molecule has 0 aromatic carbocycles. The number of nitrogens with two attached hydrogens (primary N) is 1. The Hall–Kier alpha value is -1.72. The summed E-state index contributed by atoms with van der Waals surface area (Å²) in [6, 6.07) is 2.00. The molecule has 0 radical (unpaired) electrons. The lowest BCUT2D eigenvalue weighted by molar-refractivity contribution is 0.630. The number of hydrogen-bond donors (Lipinski definition) is 2. The zero-order valence-electron chi connectivity index (χ0n) is 10.3. The van der Waals surface area contributed by atoms with Crippen molar-refractivity contribution in [2.45, 2.75) is 19.9 Å². The van der Waals surface area contributed by atoms with Crippen LogP contribution in [0.15, 0.2) is 24.7 Å². The van der Waals surface area contributed by atoms with Crippen LogP contribution in [0.2, 0.25) is 0 Å². The number of nitrogens with one attached hydrogen (secondary N) is 1. The van der Waals surface area contributed by atoms with E-state index in [0.717, 1.165) is 22.4 Å². The molecule has 0 bridgehead atoms. The van der Waals surface area contributed by atoms with Crippen LogP contribution in [0.1, 0.15) is 28.4 Å². The molecule has 0 spiro atoms. The van der Waals surface area contributed by atoms with E-state index in [1.54, 1.807) is 4.68 Å². The van der Waals surface area contributed by atoms with Gasteiger partial charge in [0.2, 0.25) is 0 Å². The van der Waals surface area contributed by atoms with Crippen molar-refractivity contribution in [3.05, 3.63) is 47.0 Å². The minimum Gasteiger partial charge on any atom is -0.275 e. The van der Waals surface area contributed by atoms with Crippen LogP contribution in [0.3, 0.4) is 0 Å². The third-order valence-electron chi connectivity index (χ3n) is 2.76. The third-order valence-corrected chi connectivity index (χ3v) is 2.76. The van der Waals surface area contributed by atoms with Crippen molar-refractivity contribution in [3.8, 4) is 0 Å². The van der Waals surface area contributed by atoms with Crippen LogP contribution in [0.5, 0.6) is 0 Å². The molecule has 2 rings (SSSR count). The van der Waals surface area contributed by atoms with Crippen LogP contribution in [-0.4, -0.2) is 14.8 Å². The second-order valence-corrected chi connectivity index (χ2v) is 4.24. The average Bonchev–Trinajstić information content (AvgIpc) is 2.59. The van der Waals surface area contributed by atoms with Gasteiger partial charge < -0.3 is 0 Å². The van der Waals surface area contributed by atoms with Crippen LogP contribution in [-0.2, 0) is 7.05 Å². The first kappa shape index (κ1) is 11.8. The van der Waals surface area contributed by atoms with E-state index in [9.17, 15) is 0 Å². The molecule has 0 aliphatic rings. The molecule has 2 heterocycles. The summed E-state index contributed by atoms with van der Waals surface area (Å²) < 4.78 is 1.79. The van der Waals surface area contributed by atoms with E-state index in [0.29, 0.717) is 0 Å². The van der Waals surface area contributed by atoms with Gasteiger partial charge in [-0.1, -0.05) is 6.07 Å². The van der Waals surface area contributed by atoms with Gasteiger partial charge in [-0.15, -0.1) is 0 Å². The first-order chi connectivity index (χ1) is 8.11. The maximum absolute atomic E-state index is 5.65. The summed E-state index contributed by atoms with van der Waals surface area (Å²) in [6.45, 7) is 3.99. The summed E-state index contributed by atoms with van der Waals surface area (Å²) in [5, 5.41) is 4.33. The Morgan fingerprint density at radius 2 is 2.12 bits per heavy atom. The monoisotopic (exact) mass is 231 g/mol. The first-order valence-corrected chi connectivity index (χ1v) is 5.49. The molecule has 2 aromatic heterocycles. The molecule has 1 atom stereocenters. The molecule has 0 aliphatic carbocycles. The Labute approximate surface area is 101 Å². The van der Waals surface area contributed by atoms with Gasteiger partial charge in [-0.25, -0.2) is 5.43 Å². The summed E-state index contributed by atoms with van der Waals surface area (Å²) in [7, 11) is 1.90. The highest BCUT2D eigenvalue weighted by molar-refractivity contribution is 5.32. The summed E-state index contributed by atoms with van der Waals surface area (Å²) >= 11 is 0. The molecule has 5 heteroatoms. The van der Waals surface area contributed by atoms with Gasteiger partial charge in [0, 0.05) is 31.2 Å². The number of pyridine rings is 1. The van der Waals surface area contributed by atoms with Crippen molar-refractivity contribution < 1.29 is 0 Å². The summed E-state index contributed by atoms with van der Waals surface area (Å²) in [5.74, 6) is 5.65. The van der Waals surface area contributed by atoms with E-state index in [1.807, 2.05) is 39.5 Å². The molecular weight excluding hydrogens is 214 g/mol. The molecular formula is C12H17N5. The van der Waals surface area contributed by atoms with Gasteiger partial charge in [0.1, 0.15) is 0 Å². The molecule has 0 amide bonds. The van der Waals surface area contributed by atoms with Crippen molar-refractivity contribution in [1.29, 1.82) is 0 Å². The van der Waals surface area contributed by atoms with Crippen LogP contribution < -0.4 is 11.3 Å². The Morgan fingerprint density at radius 3 is 2.65 bits per heavy atom. The highest BCUT2D eigenvalue weighted by atomic mass is 15.3. The highest BCUT2D eigenvalue weighted by Gasteiger charge is 2.17. The van der Waals surface area contributed by atoms with Crippen molar-refractivity contribution in [1.82, 2.24) is 20.2 Å². The minimum absolute atomic E-state index is 0.0731. The summed E-state index contributed by atoms with van der Waals surface area (Å²) in [5.41, 5.74) is 7.02. The zero-order chi connectivity index (χ0) is 12.4. The Bertz CT molecular complexity index is 517. The van der Waals surface area contributed by atoms with E-state index in [2.05, 4.69) is 21.6 Å². The van der Waals surface area contributed by atoms with Crippen LogP contribution in [0, 0.1) is 13.8 Å². The SMILES string of the molecule is Cc1cncc(C(NN)c2cn(C)nc2C)c1. The molecule has 0 fully saturated rings. The minimum atomic E-state index is -0.0731. The van der Waals surface area contributed by atoms with E-state index in [1.165, 1.54) is 0 Å². The topological polar surface area (TPSA) is 68.8 Å². The van der Waals surface area contributed by atoms with Gasteiger partial charge in [0.25, 0.3) is 0 Å². The smallest absolute Gasteiger partial charge is 0.0758 e. The number of nitrogens with zero attached hydrogens (tertiary/aromatic N) is 3. The highest BCUT2D eigenvalue weighted by Crippen LogP contribution is 2.23. The lowest BCUT2D eigenvalue weighted by Gasteiger charge is -2.15. The summed E-state index contributed by atoms with van der Waals surface area (Å²) in [6.07, 6.45) is 5.62. The molecule has 2 aromatic rings. The predicted molar refractivity (Wildman–Crippen MR) is 66.1 cm³/mol. The van der Waals surface area contributed by atoms with Crippen LogP contribution in [0.25, 0.3) is 0 Å². The normalized spacial score (nSPS) is 12.7. The standard InChI is InChI=1S/C12H17N5/c1-8-4-10(6-14-5-8)12(15-13)11-7-17(3)16-9(11)2/h4-7,12,15H,13H2,1-3H3. The van der Waals surface area contributed by atoms with Gasteiger partial charge >= 0.3 is 0 Å². The zero-order valence-corrected chi connectivity index (χ0v) is 10.3. The van der Waals surface area contributed by atoms with Crippen molar-refractivity contribution in [2.24, 2.45) is 12.9 Å². The Balaban J connectivity index is 2.43. The fourth-order valence-electron chi connectivity index (χ4n) is 2.00. The van der Waals surface area contributed by atoms with Gasteiger partial charge in [-0.05, 0) is 25.0 Å². The first-order valence-electron chi connectivity index (χ1n) is 5.49. The number of hydrogen-bond acceptors (Lipinski definition) is 4. The number of rotatable bonds is 3. The second kappa shape index (κ2) is 4.65. The lowest BCUT2D eigenvalue weighted by atomic mass is 10.0. The maximum atomic E-state index is 5.65. The van der Waals surface area contributed by atoms with Gasteiger partial charge in [0.15, 0.2) is 0 Å². The lowest BCUT2D eigenvalue weighted by Crippen LogP contribution is -2.29. The molecule has 5 nitrogen and oxygen atoms in total. The van der Waals surface area contributed by atoms with Crippen molar-refractivity contribution in [2.75, 3.05) is 0 Å². The van der Waals surface area contributed by atoms with Gasteiger partial charge in [-0.2, -0.15) is 5.10 Å². The van der Waals surface area contributed by atoms with Crippen LogP contribution in [0.4, 0.5) is 0 Å². The molecule has 3 N–H and O–H groups in total. The Kier molecular flexibility index (Phi) is 3.21. The maximum Gasteiger partial charge on any atom is 0.0758 e. The Morgan fingerprint density at radius 1 is 1.35 bits per heavy atom. The number of aryl methyl sites for hydroxylation is 3. The fraction of sp³-hybridized carbons (Fsp3) is 0.333. The fourth-order valence-corrected chi connectivity index (χ4v) is 2.00. The van der Waals surface area contributed by atoms with Crippen molar-refractivity contribution in [3.63, 3.8) is 0 Å². The third kappa shape index (κ3) is 2.35. The molecule has 0 saturated heterocycles. The van der Waals surface area contributed by atoms with E-state index >= 15 is 0 Å². The predicted octanol–water partition coefficient (Wildman–Crippen LogP) is 0.985. The molecule has 1 unspecified atom stereocenters. The molecule has 17 heavy (non-hydrogen) atoms. The number of aromatic nitrogens is 3. The van der Waals surface area contributed by atoms with E-state index < -0.39 is 0 Å². The average molecular weight is 231 g/mol. The van der Waals surface area contributed by atoms with Gasteiger partial charge in [-0.3, -0.25) is 15.5 Å². The molecule has 0 aliphatic heterocycles.